The van der Waals surface area contributed by atoms with Gasteiger partial charge in [0, 0.05) is 32.1 Å². The number of benzene rings is 2. The van der Waals surface area contributed by atoms with Gasteiger partial charge in [-0.15, -0.1) is 0 Å². The molecule has 1 aliphatic rings. The fourth-order valence-electron chi connectivity index (χ4n) is 4.23. The van der Waals surface area contributed by atoms with Crippen molar-refractivity contribution >= 4 is 5.97 Å². The summed E-state index contributed by atoms with van der Waals surface area (Å²) in [6.45, 7) is 7.99. The number of rotatable bonds is 8. The maximum atomic E-state index is 11.2. The molecule has 8 nitrogen and oxygen atoms in total. The molecule has 180 valence electrons. The van der Waals surface area contributed by atoms with Crippen LogP contribution in [0.2, 0.25) is 0 Å². The van der Waals surface area contributed by atoms with Crippen LogP contribution in [-0.2, 0) is 22.5 Å². The second-order valence-corrected chi connectivity index (χ2v) is 8.90. The molecule has 0 spiro atoms. The SMILES string of the molecule is CC(C)c1cc(-c2onc(CCC(=O)O)c2-c2ccc(CN3CCOCC3)cc2)c(O)cc1O. The first-order valence-electron chi connectivity index (χ1n) is 11.5. The number of aromatic hydroxyl groups is 2. The van der Waals surface area contributed by atoms with Gasteiger partial charge in [-0.2, -0.15) is 0 Å². The standard InChI is InChI=1S/C26H30N2O6/c1-16(2)19-13-20(23(30)14-22(19)29)26-25(21(27-34-26)7-8-24(31)32)18-5-3-17(4-6-18)15-28-9-11-33-12-10-28/h3-6,13-14,16,29-30H,7-12,15H2,1-2H3,(H,31,32). The van der Waals surface area contributed by atoms with Gasteiger partial charge in [-0.25, -0.2) is 0 Å². The van der Waals surface area contributed by atoms with Gasteiger partial charge in [0.05, 0.1) is 36.5 Å². The number of morpholine rings is 1. The molecular weight excluding hydrogens is 436 g/mol. The number of aromatic nitrogens is 1. The molecule has 1 fully saturated rings. The Morgan fingerprint density at radius 3 is 2.44 bits per heavy atom. The Balaban J connectivity index is 1.73. The van der Waals surface area contributed by atoms with Crippen LogP contribution >= 0.6 is 0 Å². The number of carbonyl (C=O) groups is 1. The first-order valence-corrected chi connectivity index (χ1v) is 11.5. The average Bonchev–Trinajstić information content (AvgIpc) is 3.22. The van der Waals surface area contributed by atoms with Crippen LogP contribution in [0.1, 0.15) is 43.0 Å². The molecule has 2 heterocycles. The summed E-state index contributed by atoms with van der Waals surface area (Å²) in [6, 6.07) is 11.0. The number of aryl methyl sites for hydroxylation is 1. The number of phenols is 2. The average molecular weight is 467 g/mol. The van der Waals surface area contributed by atoms with Crippen LogP contribution in [-0.4, -0.2) is 57.6 Å². The van der Waals surface area contributed by atoms with Crippen LogP contribution < -0.4 is 0 Å². The second kappa shape index (κ2) is 10.3. The van der Waals surface area contributed by atoms with Crippen molar-refractivity contribution in [2.75, 3.05) is 26.3 Å². The summed E-state index contributed by atoms with van der Waals surface area (Å²) in [7, 11) is 0. The second-order valence-electron chi connectivity index (χ2n) is 8.90. The summed E-state index contributed by atoms with van der Waals surface area (Å²) in [5.41, 5.74) is 4.21. The van der Waals surface area contributed by atoms with Crippen LogP contribution in [0, 0.1) is 0 Å². The van der Waals surface area contributed by atoms with Gasteiger partial charge in [0.15, 0.2) is 5.76 Å². The molecule has 0 unspecified atom stereocenters. The van der Waals surface area contributed by atoms with E-state index in [0.717, 1.165) is 44.0 Å². The maximum Gasteiger partial charge on any atom is 0.303 e. The lowest BCUT2D eigenvalue weighted by atomic mass is 9.93. The molecule has 3 aromatic rings. The summed E-state index contributed by atoms with van der Waals surface area (Å²) < 4.78 is 11.1. The molecule has 4 rings (SSSR count). The largest absolute Gasteiger partial charge is 0.508 e. The maximum absolute atomic E-state index is 11.2. The van der Waals surface area contributed by atoms with E-state index in [2.05, 4.69) is 10.1 Å². The number of hydrogen-bond acceptors (Lipinski definition) is 7. The van der Waals surface area contributed by atoms with Crippen molar-refractivity contribution in [3.05, 3.63) is 53.2 Å². The molecule has 0 bridgehead atoms. The van der Waals surface area contributed by atoms with Crippen molar-refractivity contribution < 1.29 is 29.4 Å². The minimum absolute atomic E-state index is 0.0101. The van der Waals surface area contributed by atoms with Gasteiger partial charge >= 0.3 is 5.97 Å². The minimum Gasteiger partial charge on any atom is -0.508 e. The Morgan fingerprint density at radius 1 is 1.09 bits per heavy atom. The highest BCUT2D eigenvalue weighted by Crippen LogP contribution is 2.43. The number of nitrogens with zero attached hydrogens (tertiary/aromatic N) is 2. The molecule has 0 radical (unpaired) electrons. The summed E-state index contributed by atoms with van der Waals surface area (Å²) in [6.07, 6.45) is 0.104. The number of ether oxygens (including phenoxy) is 1. The van der Waals surface area contributed by atoms with Crippen LogP contribution in [0.4, 0.5) is 0 Å². The van der Waals surface area contributed by atoms with Crippen molar-refractivity contribution in [2.24, 2.45) is 0 Å². The quantitative estimate of drug-likeness (QED) is 0.448. The lowest BCUT2D eigenvalue weighted by Gasteiger charge is -2.26. The van der Waals surface area contributed by atoms with E-state index in [1.165, 1.54) is 6.07 Å². The Kier molecular flexibility index (Phi) is 7.19. The summed E-state index contributed by atoms with van der Waals surface area (Å²) in [5.74, 6) is -0.674. The first-order chi connectivity index (χ1) is 16.3. The van der Waals surface area contributed by atoms with E-state index in [4.69, 9.17) is 9.26 Å². The third kappa shape index (κ3) is 5.24. The van der Waals surface area contributed by atoms with Crippen molar-refractivity contribution in [1.29, 1.82) is 0 Å². The molecule has 1 saturated heterocycles. The third-order valence-corrected chi connectivity index (χ3v) is 6.10. The van der Waals surface area contributed by atoms with Crippen LogP contribution in [0.3, 0.4) is 0 Å². The van der Waals surface area contributed by atoms with Crippen molar-refractivity contribution in [2.45, 2.75) is 39.2 Å². The highest BCUT2D eigenvalue weighted by Gasteiger charge is 2.24. The predicted molar refractivity (Wildman–Crippen MR) is 127 cm³/mol. The van der Waals surface area contributed by atoms with Gasteiger partial charge in [0.2, 0.25) is 0 Å². The molecule has 0 amide bonds. The van der Waals surface area contributed by atoms with E-state index in [1.807, 2.05) is 38.1 Å². The topological polar surface area (TPSA) is 116 Å². The van der Waals surface area contributed by atoms with Gasteiger partial charge in [0.1, 0.15) is 11.5 Å². The Labute approximate surface area is 198 Å². The molecule has 0 saturated carbocycles. The summed E-state index contributed by atoms with van der Waals surface area (Å²) in [5, 5.41) is 34.2. The lowest BCUT2D eigenvalue weighted by Crippen LogP contribution is -2.35. The van der Waals surface area contributed by atoms with Crippen molar-refractivity contribution in [1.82, 2.24) is 10.1 Å². The number of aliphatic carboxylic acids is 1. The third-order valence-electron chi connectivity index (χ3n) is 6.10. The number of phenolic OH excluding ortho intramolecular Hbond substituents is 2. The van der Waals surface area contributed by atoms with Crippen LogP contribution in [0.25, 0.3) is 22.5 Å². The molecule has 1 aromatic heterocycles. The number of carboxylic acids is 1. The van der Waals surface area contributed by atoms with Crippen molar-refractivity contribution in [3.63, 3.8) is 0 Å². The van der Waals surface area contributed by atoms with E-state index in [-0.39, 0.29) is 30.3 Å². The van der Waals surface area contributed by atoms with Crippen LogP contribution in [0.5, 0.6) is 11.5 Å². The molecule has 1 aliphatic heterocycles. The first kappa shape index (κ1) is 23.8. The summed E-state index contributed by atoms with van der Waals surface area (Å²) in [4.78, 5) is 13.5. The zero-order valence-corrected chi connectivity index (χ0v) is 19.5. The molecular formula is C26H30N2O6. The van der Waals surface area contributed by atoms with E-state index < -0.39 is 5.97 Å². The highest BCUT2D eigenvalue weighted by molar-refractivity contribution is 5.85. The highest BCUT2D eigenvalue weighted by atomic mass is 16.5. The number of hydrogen-bond donors (Lipinski definition) is 3. The van der Waals surface area contributed by atoms with E-state index in [1.54, 1.807) is 6.07 Å². The fraction of sp³-hybridized carbons (Fsp3) is 0.385. The smallest absolute Gasteiger partial charge is 0.303 e. The van der Waals surface area contributed by atoms with E-state index in [9.17, 15) is 20.1 Å². The zero-order chi connectivity index (χ0) is 24.2. The van der Waals surface area contributed by atoms with Gasteiger partial charge in [-0.05, 0) is 28.7 Å². The zero-order valence-electron chi connectivity index (χ0n) is 19.5. The lowest BCUT2D eigenvalue weighted by molar-refractivity contribution is -0.136. The summed E-state index contributed by atoms with van der Waals surface area (Å²) >= 11 is 0. The van der Waals surface area contributed by atoms with Gasteiger partial charge < -0.3 is 24.6 Å². The Morgan fingerprint density at radius 2 is 1.79 bits per heavy atom. The molecule has 0 atom stereocenters. The van der Waals surface area contributed by atoms with Gasteiger partial charge in [-0.1, -0.05) is 43.3 Å². The normalized spacial score (nSPS) is 14.6. The predicted octanol–water partition coefficient (Wildman–Crippen LogP) is 4.39. The fourth-order valence-corrected chi connectivity index (χ4v) is 4.23. The van der Waals surface area contributed by atoms with Crippen molar-refractivity contribution in [3.8, 4) is 33.9 Å². The van der Waals surface area contributed by atoms with Gasteiger partial charge in [-0.3, -0.25) is 9.69 Å². The number of carboxylic acid groups (broad SMARTS) is 1. The Hall–Kier alpha value is -3.36. The Bertz CT molecular complexity index is 1150. The molecule has 3 N–H and O–H groups in total. The molecule has 2 aromatic carbocycles. The van der Waals surface area contributed by atoms with E-state index in [0.29, 0.717) is 28.1 Å². The van der Waals surface area contributed by atoms with E-state index >= 15 is 0 Å². The minimum atomic E-state index is -0.925. The van der Waals surface area contributed by atoms with Crippen LogP contribution in [0.15, 0.2) is 40.9 Å². The van der Waals surface area contributed by atoms with Gasteiger partial charge in [0.25, 0.3) is 0 Å². The molecule has 0 aliphatic carbocycles. The molecule has 8 heteroatoms. The monoisotopic (exact) mass is 466 g/mol. The molecule has 34 heavy (non-hydrogen) atoms.